The Hall–Kier alpha value is -12.5. The van der Waals surface area contributed by atoms with E-state index in [1.807, 2.05) is 141 Å². The zero-order valence-electron chi connectivity index (χ0n) is 72.6. The summed E-state index contributed by atoms with van der Waals surface area (Å²) in [5, 5.41) is 133. The maximum absolute atomic E-state index is 16.6. The molecular weight excluding hydrogens is 1810 g/mol. The van der Waals surface area contributed by atoms with Crippen molar-refractivity contribution in [3.63, 3.8) is 0 Å². The van der Waals surface area contributed by atoms with Gasteiger partial charge in [0.2, 0.25) is 53.4 Å². The van der Waals surface area contributed by atoms with Gasteiger partial charge in [0, 0.05) is 62.2 Å². The average molecular weight is 1910 g/mol. The largest absolute Gasteiger partial charge is 0.508 e. The number of halogens is 3. The van der Waals surface area contributed by atoms with Crippen LogP contribution in [0.2, 0.25) is 15.1 Å². The van der Waals surface area contributed by atoms with Crippen LogP contribution in [0, 0.1) is 5.92 Å². The Morgan fingerprint density at radius 2 is 1.16 bits per heavy atom. The van der Waals surface area contributed by atoms with Crippen molar-refractivity contribution in [1.29, 1.82) is 0 Å². The van der Waals surface area contributed by atoms with Crippen LogP contribution in [-0.2, 0) is 59.1 Å². The molecule has 7 heterocycles. The van der Waals surface area contributed by atoms with E-state index in [1.165, 1.54) is 37.4 Å². The molecule has 10 aromatic carbocycles. The number of likely N-dealkylation sites (N-methyl/N-ethyl adjacent to an activating group) is 1. The Morgan fingerprint density at radius 3 is 1.73 bits per heavy atom. The summed E-state index contributed by atoms with van der Waals surface area (Å²) in [5.41, 5.74) is 4.43. The summed E-state index contributed by atoms with van der Waals surface area (Å²) in [7, 11) is -1.73. The molecule has 134 heavy (non-hydrogen) atoms. The standard InChI is InChI=1S/C97H98Cl3N10O23P/c1-47(2)35-65(102-5)89(120)109-80-82(115)53-28-33-69(63(99)37-53)129-71-39-55-40-72(130-70-34-29-54(38-64(70)100)83(116)81-94(125)108-79(95(126)127)62-41-57(111)42-68(113)76(62)61-36-52(27-32-67(61)112)77(91(122)110-81)107-92(123)78(55)106-90(121)66(43-74(101)114)105-93(80)124)86(71)133-96-87(132-75-44-97(4,88(119)48(3)128-75)103-45-49-21-23-50(24-22-49)51-25-30-56(98)31-26-51)85(118)84(117)73(131-96)46-104-134(58-15-9-6-10-16-58,59-17-11-7-12-18-59)60-19-13-8-14-20-60/h6-34,36-42,47-48,65-66,73,75,77-85,87-88,96,102-103,111-113,115-119H,35,43-46H2,1-5H3,(H2,101,114)(H,105,124)(H,106,121)(H,107,123)(H,108,125)(H,109,120)(H,110,122)(H,126,127)/t48?,65-,66-,73?,75?,77?,78+,79+,80+,81-,82+,83+,84?,85?,87?,88?,96?,97?/m0/s1. The van der Waals surface area contributed by atoms with E-state index in [-0.39, 0.29) is 58.5 Å². The number of amides is 7. The number of aliphatic carboxylic acids is 1. The van der Waals surface area contributed by atoms with Crippen LogP contribution in [0.1, 0.15) is 111 Å². The minimum absolute atomic E-state index is 0.118. The number of hydrogen-bond donors (Lipinski definition) is 18. The van der Waals surface area contributed by atoms with E-state index < -0.39 is 238 Å². The van der Waals surface area contributed by atoms with Gasteiger partial charge in [-0.05, 0) is 139 Å². The number of ether oxygens (including phenoxy) is 6. The van der Waals surface area contributed by atoms with E-state index in [1.54, 1.807) is 26.0 Å². The third-order valence-corrected chi connectivity index (χ3v) is 28.8. The molecule has 7 aliphatic heterocycles. The molecule has 19 N–H and O–H groups in total. The second kappa shape index (κ2) is 40.7. The van der Waals surface area contributed by atoms with E-state index in [2.05, 4.69) is 42.5 Å². The number of phenolic OH excluding ortho intramolecular Hbond substituents is 3. The first-order chi connectivity index (χ1) is 64.1. The number of fused-ring (bicyclic) bond motifs is 15. The van der Waals surface area contributed by atoms with Crippen molar-refractivity contribution in [2.75, 3.05) is 13.6 Å². The smallest absolute Gasteiger partial charge is 0.330 e. The molecule has 700 valence electrons. The number of primary amides is 1. The van der Waals surface area contributed by atoms with Gasteiger partial charge in [-0.15, -0.1) is 0 Å². The number of aromatic hydroxyl groups is 3. The number of carbonyl (C=O) groups excluding carboxylic acids is 7. The quantitative estimate of drug-likeness (QED) is 0.0300. The molecule has 0 radical (unpaired) electrons. The lowest BCUT2D eigenvalue weighted by molar-refractivity contribution is -0.331. The monoisotopic (exact) mass is 1910 g/mol. The Morgan fingerprint density at radius 1 is 0.604 bits per heavy atom. The summed E-state index contributed by atoms with van der Waals surface area (Å²) in [6, 6.07) is 43.1. The lowest BCUT2D eigenvalue weighted by Crippen LogP contribution is -2.65. The summed E-state index contributed by atoms with van der Waals surface area (Å²) in [5.74, 6) is -15.9. The molecule has 17 rings (SSSR count). The first-order valence-electron chi connectivity index (χ1n) is 43.0. The van der Waals surface area contributed by atoms with Gasteiger partial charge < -0.3 is 123 Å². The molecule has 7 aliphatic rings. The number of aliphatic hydroxyl groups is 5. The minimum atomic E-state index is -3.21. The van der Waals surface area contributed by atoms with E-state index in [9.17, 15) is 60.3 Å². The summed E-state index contributed by atoms with van der Waals surface area (Å²) in [6.07, 6.45) is -18.7. The Labute approximate surface area is 783 Å². The third-order valence-electron chi connectivity index (χ3n) is 24.2. The summed E-state index contributed by atoms with van der Waals surface area (Å²) in [4.78, 5) is 120. The highest BCUT2D eigenvalue weighted by Crippen LogP contribution is 2.52. The number of rotatable bonds is 21. The molecule has 37 heteroatoms. The minimum Gasteiger partial charge on any atom is -0.508 e. The van der Waals surface area contributed by atoms with Crippen LogP contribution in [0.4, 0.5) is 0 Å². The normalized spacial score (nSPS) is 25.1. The molecule has 0 saturated carbocycles. The third kappa shape index (κ3) is 20.6. The first kappa shape index (κ1) is 96.0. The van der Waals surface area contributed by atoms with Crippen LogP contribution < -0.4 is 78.4 Å². The van der Waals surface area contributed by atoms with Crippen molar-refractivity contribution in [2.45, 2.75) is 163 Å². The molecule has 18 atom stereocenters. The van der Waals surface area contributed by atoms with Crippen LogP contribution in [0.25, 0.3) is 22.3 Å². The number of hydrogen-bond acceptors (Lipinski definition) is 25. The number of nitrogens with two attached hydrogens (primary N) is 1. The fourth-order valence-corrected chi connectivity index (χ4v) is 21.4. The van der Waals surface area contributed by atoms with Crippen LogP contribution >= 0.6 is 41.9 Å². The van der Waals surface area contributed by atoms with Gasteiger partial charge in [-0.2, -0.15) is 0 Å². The number of benzene rings is 10. The highest BCUT2D eigenvalue weighted by Gasteiger charge is 2.53. The molecule has 10 unspecified atom stereocenters. The van der Waals surface area contributed by atoms with Crippen molar-refractivity contribution in [1.82, 2.24) is 42.5 Å². The predicted molar refractivity (Wildman–Crippen MR) is 494 cm³/mol. The molecule has 2 fully saturated rings. The number of carboxylic acids is 1. The van der Waals surface area contributed by atoms with Crippen molar-refractivity contribution < 1.29 is 113 Å². The Bertz CT molecular complexity index is 6060. The number of aliphatic hydroxyl groups excluding tert-OH is 5. The van der Waals surface area contributed by atoms with E-state index >= 15 is 24.0 Å². The van der Waals surface area contributed by atoms with Gasteiger partial charge in [0.1, 0.15) is 89.5 Å². The Kier molecular flexibility index (Phi) is 29.2. The lowest BCUT2D eigenvalue weighted by atomic mass is 9.84. The van der Waals surface area contributed by atoms with Gasteiger partial charge in [0.25, 0.3) is 0 Å². The molecule has 0 spiro atoms. The second-order valence-electron chi connectivity index (χ2n) is 34.0. The molecule has 0 aromatic heterocycles. The van der Waals surface area contributed by atoms with Crippen molar-refractivity contribution in [3.8, 4) is 68.2 Å². The van der Waals surface area contributed by atoms with Gasteiger partial charge in [-0.3, -0.25) is 38.3 Å². The van der Waals surface area contributed by atoms with Crippen LogP contribution in [0.5, 0.6) is 46.0 Å². The van der Waals surface area contributed by atoms with Crippen LogP contribution in [-0.4, -0.2) is 186 Å². The molecule has 7 amide bonds. The summed E-state index contributed by atoms with van der Waals surface area (Å²) in [6.45, 7) is 6.80. The predicted octanol–water partition coefficient (Wildman–Crippen LogP) is 8.44. The maximum atomic E-state index is 16.6. The number of carboxylic acid groups (broad SMARTS) is 1. The topological polar surface area (TPSA) is 509 Å². The van der Waals surface area contributed by atoms with Crippen molar-refractivity contribution in [2.24, 2.45) is 16.4 Å². The Balaban J connectivity index is 0.941. The van der Waals surface area contributed by atoms with Gasteiger partial charge in [-0.1, -0.05) is 194 Å². The fraction of sp³-hybridized carbons (Fsp3) is 0.299. The highest BCUT2D eigenvalue weighted by molar-refractivity contribution is 7.87. The summed E-state index contributed by atoms with van der Waals surface area (Å²) >= 11 is 20.9. The molecule has 11 bridgehead atoms. The second-order valence-corrected chi connectivity index (χ2v) is 38.3. The van der Waals surface area contributed by atoms with E-state index in [4.69, 9.17) is 73.7 Å². The van der Waals surface area contributed by atoms with Gasteiger partial charge in [0.15, 0.2) is 29.9 Å². The fourth-order valence-electron chi connectivity index (χ4n) is 17.2. The SMILES string of the molecule is CN[C@@H](CC(C)C)C(=O)N[C@H]1C(=O)N[C@@H](CC(N)=O)C(=O)N[C@H]2C(=O)NC3C(=O)N[C@H](C(=O)N[C@@H](C(=O)O)c4cc(O)cc(O)c4-c4cc3ccc4O)[C@H](O)c3ccc(c(Cl)c3)Oc3cc2cc(c3OC2OC(CN=P(c3ccccc3)(c3ccccc3)c3ccccc3)C(O)C(O)C2OC2CC(C)(NCc3ccc(-c4ccc(Cl)cc4)cc3)C(O)C(C)O2)Oc2ccc(cc2Cl)[C@H]1O. The van der Waals surface area contributed by atoms with Crippen molar-refractivity contribution in [3.05, 3.63) is 267 Å². The average Bonchev–Trinajstić information content (AvgIpc) is 0.755. The molecule has 33 nitrogen and oxygen atoms in total. The number of carbonyl (C=O) groups is 8. The highest BCUT2D eigenvalue weighted by atomic mass is 35.5. The molecule has 0 aliphatic carbocycles. The summed E-state index contributed by atoms with van der Waals surface area (Å²) < 4.78 is 47.5. The molecular formula is C97H98Cl3N10O23P. The number of nitrogens with zero attached hydrogens (tertiary/aromatic N) is 1. The van der Waals surface area contributed by atoms with Crippen LogP contribution in [0.15, 0.2) is 223 Å². The van der Waals surface area contributed by atoms with Crippen LogP contribution in [0.3, 0.4) is 0 Å². The lowest BCUT2D eigenvalue weighted by Gasteiger charge is -2.48. The number of phenols is 3. The maximum Gasteiger partial charge on any atom is 0.330 e. The molecule has 2 saturated heterocycles. The first-order valence-corrected chi connectivity index (χ1v) is 45.8. The zero-order chi connectivity index (χ0) is 95.5. The van der Waals surface area contributed by atoms with Gasteiger partial charge in [-0.25, -0.2) is 4.79 Å². The zero-order valence-corrected chi connectivity index (χ0v) is 75.7. The van der Waals surface area contributed by atoms with Crippen molar-refractivity contribution >= 4 is 105 Å². The van der Waals surface area contributed by atoms with E-state index in [0.717, 1.165) is 81.1 Å². The van der Waals surface area contributed by atoms with E-state index in [0.29, 0.717) is 5.02 Å². The molecule has 10 aromatic rings. The number of nitrogens with one attached hydrogen (secondary N) is 8. The van der Waals surface area contributed by atoms with Gasteiger partial charge >= 0.3 is 5.97 Å². The van der Waals surface area contributed by atoms with Gasteiger partial charge in [0.05, 0.1) is 48.3 Å².